The summed E-state index contributed by atoms with van der Waals surface area (Å²) in [7, 11) is 0. The fourth-order valence-corrected chi connectivity index (χ4v) is 5.08. The Morgan fingerprint density at radius 3 is 2.96 bits per heavy atom. The van der Waals surface area contributed by atoms with Crippen molar-refractivity contribution in [3.8, 4) is 0 Å². The molecule has 7 heteroatoms. The molecule has 146 valence electrons. The highest BCUT2D eigenvalue weighted by atomic mass is 32.1. The molecular weight excluding hydrogens is 374 g/mol. The Balaban J connectivity index is 1.47. The van der Waals surface area contributed by atoms with Crippen LogP contribution in [0.25, 0.3) is 0 Å². The van der Waals surface area contributed by atoms with E-state index in [4.69, 9.17) is 4.74 Å². The van der Waals surface area contributed by atoms with Gasteiger partial charge in [0.25, 0.3) is 5.91 Å². The van der Waals surface area contributed by atoms with Crippen molar-refractivity contribution in [2.45, 2.75) is 30.9 Å². The molecule has 1 aliphatic carbocycles. The van der Waals surface area contributed by atoms with Gasteiger partial charge in [0.15, 0.2) is 5.60 Å². The molecule has 2 aliphatic heterocycles. The summed E-state index contributed by atoms with van der Waals surface area (Å²) < 4.78 is 6.23. The van der Waals surface area contributed by atoms with Gasteiger partial charge in [-0.15, -0.1) is 0 Å². The van der Waals surface area contributed by atoms with Gasteiger partial charge in [-0.1, -0.05) is 6.07 Å². The maximum absolute atomic E-state index is 13.7. The molecule has 2 aromatic rings. The number of aromatic nitrogens is 1. The lowest BCUT2D eigenvalue weighted by molar-refractivity contribution is -0.173. The van der Waals surface area contributed by atoms with Gasteiger partial charge >= 0.3 is 0 Å². The Bertz CT molecular complexity index is 868. The predicted molar refractivity (Wildman–Crippen MR) is 105 cm³/mol. The van der Waals surface area contributed by atoms with Crippen LogP contribution >= 0.6 is 11.3 Å². The van der Waals surface area contributed by atoms with E-state index in [-0.39, 0.29) is 23.7 Å². The predicted octanol–water partition coefficient (Wildman–Crippen LogP) is 2.28. The number of likely N-dealkylation sites (tertiary alicyclic amines) is 1. The molecule has 5 rings (SSSR count). The fraction of sp³-hybridized carbons (Fsp3) is 0.476. The number of carbonyl (C=O) groups is 2. The molecule has 1 saturated carbocycles. The molecule has 2 atom stereocenters. The van der Waals surface area contributed by atoms with Gasteiger partial charge in [0.1, 0.15) is 0 Å². The highest BCUT2D eigenvalue weighted by molar-refractivity contribution is 7.07. The molecule has 0 N–H and O–H groups in total. The van der Waals surface area contributed by atoms with Crippen LogP contribution in [0.5, 0.6) is 0 Å². The molecule has 2 saturated heterocycles. The molecule has 28 heavy (non-hydrogen) atoms. The molecule has 0 radical (unpaired) electrons. The zero-order valence-corrected chi connectivity index (χ0v) is 16.4. The van der Waals surface area contributed by atoms with E-state index < -0.39 is 5.60 Å². The van der Waals surface area contributed by atoms with E-state index in [1.54, 1.807) is 23.7 Å². The monoisotopic (exact) mass is 397 g/mol. The molecule has 0 unspecified atom stereocenters. The summed E-state index contributed by atoms with van der Waals surface area (Å²) in [5.41, 5.74) is 1.08. The van der Waals surface area contributed by atoms with Crippen LogP contribution < -0.4 is 0 Å². The quantitative estimate of drug-likeness (QED) is 0.794. The summed E-state index contributed by atoms with van der Waals surface area (Å²) in [4.78, 5) is 34.4. The molecule has 3 aliphatic rings. The lowest BCUT2D eigenvalue weighted by atomic mass is 9.83. The highest BCUT2D eigenvalue weighted by Gasteiger charge is 2.58. The summed E-state index contributed by atoms with van der Waals surface area (Å²) in [6.45, 7) is 2.49. The highest BCUT2D eigenvalue weighted by Crippen LogP contribution is 2.44. The van der Waals surface area contributed by atoms with Crippen LogP contribution in [0, 0.1) is 5.92 Å². The molecule has 1 spiro atoms. The lowest BCUT2D eigenvalue weighted by Crippen LogP contribution is -2.60. The minimum atomic E-state index is -1.01. The number of amides is 2. The molecule has 2 aromatic heterocycles. The minimum Gasteiger partial charge on any atom is -0.361 e. The van der Waals surface area contributed by atoms with Crippen molar-refractivity contribution in [3.63, 3.8) is 0 Å². The van der Waals surface area contributed by atoms with Crippen LogP contribution in [0.15, 0.2) is 41.4 Å². The van der Waals surface area contributed by atoms with Crippen LogP contribution in [0.2, 0.25) is 0 Å². The number of thiophene rings is 1. The van der Waals surface area contributed by atoms with E-state index in [0.29, 0.717) is 32.8 Å². The van der Waals surface area contributed by atoms with Crippen LogP contribution in [0.4, 0.5) is 0 Å². The van der Waals surface area contributed by atoms with E-state index in [0.717, 1.165) is 24.0 Å². The molecule has 0 aromatic carbocycles. The molecular formula is C21H23N3O3S. The smallest absolute Gasteiger partial charge is 0.257 e. The van der Waals surface area contributed by atoms with Crippen LogP contribution in [-0.2, 0) is 20.9 Å². The number of hydrogen-bond acceptors (Lipinski definition) is 5. The molecule has 4 heterocycles. The average molecular weight is 398 g/mol. The molecule has 2 amide bonds. The third-order valence-corrected chi connectivity index (χ3v) is 6.77. The van der Waals surface area contributed by atoms with Crippen molar-refractivity contribution in [2.24, 2.45) is 5.92 Å². The van der Waals surface area contributed by atoms with Gasteiger partial charge in [-0.25, -0.2) is 0 Å². The second-order valence-electron chi connectivity index (χ2n) is 7.93. The Morgan fingerprint density at radius 2 is 2.25 bits per heavy atom. The SMILES string of the molecule is O=C(C1CC1)N1C[C@@H](c2cccnc2)[C@@]2(C1)OCCN(Cc1ccsc1)C2=O. The van der Waals surface area contributed by atoms with Crippen molar-refractivity contribution in [1.82, 2.24) is 14.8 Å². The molecule has 3 fully saturated rings. The van der Waals surface area contributed by atoms with Crippen molar-refractivity contribution < 1.29 is 14.3 Å². The first kappa shape index (κ1) is 17.8. The van der Waals surface area contributed by atoms with Crippen molar-refractivity contribution in [2.75, 3.05) is 26.2 Å². The summed E-state index contributed by atoms with van der Waals surface area (Å²) in [6.07, 6.45) is 5.44. The van der Waals surface area contributed by atoms with Gasteiger partial charge < -0.3 is 14.5 Å². The first-order valence-electron chi connectivity index (χ1n) is 9.80. The van der Waals surface area contributed by atoms with Gasteiger partial charge in [0.05, 0.1) is 13.2 Å². The number of nitrogens with zero attached hydrogens (tertiary/aromatic N) is 3. The summed E-state index contributed by atoms with van der Waals surface area (Å²) in [5.74, 6) is 0.0917. The largest absolute Gasteiger partial charge is 0.361 e. The zero-order chi connectivity index (χ0) is 19.1. The Hall–Kier alpha value is -2.25. The van der Waals surface area contributed by atoms with Crippen molar-refractivity contribution >= 4 is 23.2 Å². The fourth-order valence-electron chi connectivity index (χ4n) is 4.42. The first-order valence-corrected chi connectivity index (χ1v) is 10.7. The Labute approximate surface area is 168 Å². The van der Waals surface area contributed by atoms with Crippen LogP contribution in [0.1, 0.15) is 29.9 Å². The van der Waals surface area contributed by atoms with Crippen LogP contribution in [-0.4, -0.2) is 58.4 Å². The number of ether oxygens (including phenoxy) is 1. The number of rotatable bonds is 4. The molecule has 0 bridgehead atoms. The summed E-state index contributed by atoms with van der Waals surface area (Å²) in [5, 5.41) is 4.10. The van der Waals surface area contributed by atoms with Gasteiger partial charge in [0, 0.05) is 43.9 Å². The van der Waals surface area contributed by atoms with Gasteiger partial charge in [-0.05, 0) is 46.9 Å². The first-order chi connectivity index (χ1) is 13.7. The number of morpholine rings is 1. The third kappa shape index (κ3) is 3.02. The summed E-state index contributed by atoms with van der Waals surface area (Å²) in [6, 6.07) is 5.92. The number of pyridine rings is 1. The van der Waals surface area contributed by atoms with Crippen LogP contribution in [0.3, 0.4) is 0 Å². The third-order valence-electron chi connectivity index (χ3n) is 6.04. The van der Waals surface area contributed by atoms with Gasteiger partial charge in [-0.3, -0.25) is 14.6 Å². The zero-order valence-electron chi connectivity index (χ0n) is 15.6. The van der Waals surface area contributed by atoms with E-state index in [2.05, 4.69) is 16.4 Å². The maximum Gasteiger partial charge on any atom is 0.257 e. The van der Waals surface area contributed by atoms with E-state index >= 15 is 0 Å². The normalized spacial score (nSPS) is 27.6. The van der Waals surface area contributed by atoms with Crippen molar-refractivity contribution in [3.05, 3.63) is 52.5 Å². The number of hydrogen-bond donors (Lipinski definition) is 0. The minimum absolute atomic E-state index is 0.00935. The maximum atomic E-state index is 13.7. The number of carbonyl (C=O) groups excluding carboxylic acids is 2. The average Bonchev–Trinajstić information content (AvgIpc) is 3.31. The van der Waals surface area contributed by atoms with Crippen molar-refractivity contribution in [1.29, 1.82) is 0 Å². The Morgan fingerprint density at radius 1 is 1.36 bits per heavy atom. The van der Waals surface area contributed by atoms with Gasteiger partial charge in [0.2, 0.25) is 5.91 Å². The van der Waals surface area contributed by atoms with E-state index in [1.807, 2.05) is 27.3 Å². The van der Waals surface area contributed by atoms with E-state index in [1.165, 1.54) is 0 Å². The second-order valence-corrected chi connectivity index (χ2v) is 8.71. The topological polar surface area (TPSA) is 62.7 Å². The Kier molecular flexibility index (Phi) is 4.44. The summed E-state index contributed by atoms with van der Waals surface area (Å²) >= 11 is 1.63. The van der Waals surface area contributed by atoms with Gasteiger partial charge in [-0.2, -0.15) is 11.3 Å². The second kappa shape index (κ2) is 6.97. The standard InChI is InChI=1S/C21H23N3O3S/c25-19(16-3-4-16)24-12-18(17-2-1-6-22-10-17)21(14-24)20(26)23(7-8-27-21)11-15-5-9-28-13-15/h1-2,5-6,9-10,13,16,18H,3-4,7-8,11-12,14H2/t18-,21+/m0/s1. The van der Waals surface area contributed by atoms with E-state index in [9.17, 15) is 9.59 Å². The molecule has 6 nitrogen and oxygen atoms in total. The lowest BCUT2D eigenvalue weighted by Gasteiger charge is -2.42.